The van der Waals surface area contributed by atoms with Gasteiger partial charge in [-0.3, -0.25) is 4.98 Å². The first-order chi connectivity index (χ1) is 12.8. The van der Waals surface area contributed by atoms with E-state index in [0.717, 1.165) is 35.6 Å². The molecule has 0 amide bonds. The highest BCUT2D eigenvalue weighted by Gasteiger charge is 2.29. The fourth-order valence-electron chi connectivity index (χ4n) is 3.26. The summed E-state index contributed by atoms with van der Waals surface area (Å²) in [7, 11) is 1.73. The molecule has 1 unspecified atom stereocenters. The molecule has 0 fully saturated rings. The number of benzene rings is 1. The Hall–Kier alpha value is -2.44. The Morgan fingerprint density at radius 3 is 2.65 bits per heavy atom. The number of pyridine rings is 1. The number of rotatable bonds is 4. The molecule has 5 nitrogen and oxygen atoms in total. The zero-order valence-electron chi connectivity index (χ0n) is 14.8. The van der Waals surface area contributed by atoms with Gasteiger partial charge in [0, 0.05) is 48.6 Å². The Bertz CT molecular complexity index is 886. The lowest BCUT2D eigenvalue weighted by atomic mass is 10.0. The van der Waals surface area contributed by atoms with E-state index in [0.29, 0.717) is 5.82 Å². The van der Waals surface area contributed by atoms with Gasteiger partial charge in [-0.1, -0.05) is 6.07 Å². The smallest absolute Gasteiger partial charge is 0.178 e. The van der Waals surface area contributed by atoms with E-state index in [1.54, 1.807) is 25.1 Å². The highest BCUT2D eigenvalue weighted by molar-refractivity contribution is 7.98. The first-order valence-electron chi connectivity index (χ1n) is 8.51. The van der Waals surface area contributed by atoms with Crippen LogP contribution in [-0.4, -0.2) is 34.9 Å². The van der Waals surface area contributed by atoms with Gasteiger partial charge in [0.15, 0.2) is 12.1 Å². The van der Waals surface area contributed by atoms with Crippen LogP contribution in [0.4, 0.5) is 5.69 Å². The summed E-state index contributed by atoms with van der Waals surface area (Å²) < 4.78 is 5.81. The van der Waals surface area contributed by atoms with Gasteiger partial charge < -0.3 is 9.64 Å². The summed E-state index contributed by atoms with van der Waals surface area (Å²) in [5, 5.41) is 0. The van der Waals surface area contributed by atoms with E-state index in [1.165, 1.54) is 4.90 Å². The summed E-state index contributed by atoms with van der Waals surface area (Å²) in [6.07, 6.45) is 6.39. The van der Waals surface area contributed by atoms with E-state index in [2.05, 4.69) is 45.4 Å². The number of hydrogen-bond acceptors (Lipinski definition) is 6. The van der Waals surface area contributed by atoms with Crippen LogP contribution in [0.15, 0.2) is 59.8 Å². The number of ether oxygens (including phenoxy) is 1. The molecule has 0 saturated heterocycles. The first kappa shape index (κ1) is 17.0. The third-order valence-corrected chi connectivity index (χ3v) is 5.30. The molecule has 2 aromatic heterocycles. The lowest BCUT2D eigenvalue weighted by Crippen LogP contribution is -2.37. The number of fused-ring (bicyclic) bond motifs is 1. The van der Waals surface area contributed by atoms with E-state index in [-0.39, 0.29) is 6.23 Å². The van der Waals surface area contributed by atoms with Gasteiger partial charge in [-0.25, -0.2) is 9.97 Å². The molecule has 26 heavy (non-hydrogen) atoms. The van der Waals surface area contributed by atoms with Gasteiger partial charge in [-0.2, -0.15) is 0 Å². The van der Waals surface area contributed by atoms with Gasteiger partial charge in [0.05, 0.1) is 5.69 Å². The summed E-state index contributed by atoms with van der Waals surface area (Å²) >= 11 is 1.74. The van der Waals surface area contributed by atoms with Crippen molar-refractivity contribution in [3.05, 3.63) is 66.1 Å². The van der Waals surface area contributed by atoms with Crippen LogP contribution in [0, 0.1) is 0 Å². The van der Waals surface area contributed by atoms with Crippen LogP contribution in [0.3, 0.4) is 0 Å². The average Bonchev–Trinajstić information content (AvgIpc) is 2.73. The average molecular weight is 364 g/mol. The van der Waals surface area contributed by atoms with Gasteiger partial charge in [0.25, 0.3) is 0 Å². The van der Waals surface area contributed by atoms with Crippen LogP contribution in [0.25, 0.3) is 11.5 Å². The minimum atomic E-state index is -0.184. The number of aromatic nitrogens is 3. The summed E-state index contributed by atoms with van der Waals surface area (Å²) in [6, 6.07) is 14.3. The summed E-state index contributed by atoms with van der Waals surface area (Å²) in [4.78, 5) is 17.1. The van der Waals surface area contributed by atoms with E-state index >= 15 is 0 Å². The van der Waals surface area contributed by atoms with Gasteiger partial charge in [-0.15, -0.1) is 11.8 Å². The van der Waals surface area contributed by atoms with Crippen molar-refractivity contribution >= 4 is 17.4 Å². The molecule has 3 aromatic rings. The van der Waals surface area contributed by atoms with E-state index in [1.807, 2.05) is 24.4 Å². The van der Waals surface area contributed by atoms with Crippen LogP contribution >= 0.6 is 11.8 Å². The van der Waals surface area contributed by atoms with Crippen LogP contribution < -0.4 is 4.90 Å². The predicted molar refractivity (Wildman–Crippen MR) is 104 cm³/mol. The molecule has 4 rings (SSSR count). The lowest BCUT2D eigenvalue weighted by Gasteiger charge is -2.37. The standard InChI is InChI=1S/C20H20N4OS/c1-25-20-16-13-22-19(18-5-3-4-11-21-18)23-17(16)10-12-24(20)14-6-8-15(26-2)9-7-14/h3-9,11,13,20H,10,12H2,1-2H3. The van der Waals surface area contributed by atoms with Crippen molar-refractivity contribution in [1.29, 1.82) is 0 Å². The second kappa shape index (κ2) is 7.43. The molecule has 0 radical (unpaired) electrons. The second-order valence-corrected chi connectivity index (χ2v) is 6.92. The van der Waals surface area contributed by atoms with Crippen molar-refractivity contribution < 1.29 is 4.74 Å². The number of thioether (sulfide) groups is 1. The van der Waals surface area contributed by atoms with Gasteiger partial charge in [0.2, 0.25) is 0 Å². The quantitative estimate of drug-likeness (QED) is 0.653. The molecule has 1 aliphatic heterocycles. The molecular weight excluding hydrogens is 344 g/mol. The fourth-order valence-corrected chi connectivity index (χ4v) is 3.66. The molecule has 0 aliphatic carbocycles. The molecular formula is C20H20N4OS. The van der Waals surface area contributed by atoms with Gasteiger partial charge in [0.1, 0.15) is 5.69 Å². The molecule has 1 aromatic carbocycles. The molecule has 1 atom stereocenters. The van der Waals surface area contributed by atoms with Crippen molar-refractivity contribution in [2.24, 2.45) is 0 Å². The molecule has 3 heterocycles. The van der Waals surface area contributed by atoms with Gasteiger partial charge in [-0.05, 0) is 42.7 Å². The molecule has 0 saturated carbocycles. The zero-order valence-corrected chi connectivity index (χ0v) is 15.6. The molecule has 132 valence electrons. The number of methoxy groups -OCH3 is 1. The highest BCUT2D eigenvalue weighted by Crippen LogP contribution is 2.34. The van der Waals surface area contributed by atoms with Crippen molar-refractivity contribution in [1.82, 2.24) is 15.0 Å². The maximum Gasteiger partial charge on any atom is 0.178 e. The van der Waals surface area contributed by atoms with E-state index < -0.39 is 0 Å². The normalized spacial score (nSPS) is 16.4. The van der Waals surface area contributed by atoms with Crippen molar-refractivity contribution in [3.8, 4) is 11.5 Å². The minimum Gasteiger partial charge on any atom is -0.357 e. The SMILES string of the molecule is COC1c2cnc(-c3ccccn3)nc2CCN1c1ccc(SC)cc1. The molecule has 0 bridgehead atoms. The molecule has 6 heteroatoms. The van der Waals surface area contributed by atoms with Crippen LogP contribution in [0.2, 0.25) is 0 Å². The molecule has 1 aliphatic rings. The summed E-state index contributed by atoms with van der Waals surface area (Å²) in [5.41, 5.74) is 3.99. The van der Waals surface area contributed by atoms with Gasteiger partial charge >= 0.3 is 0 Å². The Kier molecular flexibility index (Phi) is 4.86. The van der Waals surface area contributed by atoms with Crippen LogP contribution in [-0.2, 0) is 11.2 Å². The third-order valence-electron chi connectivity index (χ3n) is 4.56. The van der Waals surface area contributed by atoms with E-state index in [9.17, 15) is 0 Å². The minimum absolute atomic E-state index is 0.184. The Morgan fingerprint density at radius 2 is 1.96 bits per heavy atom. The predicted octanol–water partition coefficient (Wildman–Crippen LogP) is 3.97. The Balaban J connectivity index is 1.66. The molecule has 0 spiro atoms. The number of anilines is 1. The monoisotopic (exact) mass is 364 g/mol. The number of nitrogens with zero attached hydrogens (tertiary/aromatic N) is 4. The lowest BCUT2D eigenvalue weighted by molar-refractivity contribution is 0.0933. The van der Waals surface area contributed by atoms with Crippen LogP contribution in [0.5, 0.6) is 0 Å². The first-order valence-corrected chi connectivity index (χ1v) is 9.73. The van der Waals surface area contributed by atoms with Crippen LogP contribution in [0.1, 0.15) is 17.5 Å². The maximum atomic E-state index is 5.81. The topological polar surface area (TPSA) is 51.1 Å². The molecule has 0 N–H and O–H groups in total. The summed E-state index contributed by atoms with van der Waals surface area (Å²) in [6.45, 7) is 0.850. The third kappa shape index (κ3) is 3.18. The second-order valence-electron chi connectivity index (χ2n) is 6.04. The maximum absolute atomic E-state index is 5.81. The van der Waals surface area contributed by atoms with Crippen molar-refractivity contribution in [2.75, 3.05) is 24.8 Å². The number of hydrogen-bond donors (Lipinski definition) is 0. The van der Waals surface area contributed by atoms with Crippen molar-refractivity contribution in [3.63, 3.8) is 0 Å². The Labute approximate surface area is 157 Å². The Morgan fingerprint density at radius 1 is 1.12 bits per heavy atom. The summed E-state index contributed by atoms with van der Waals surface area (Å²) in [5.74, 6) is 0.664. The highest BCUT2D eigenvalue weighted by atomic mass is 32.2. The fraction of sp³-hybridized carbons (Fsp3) is 0.250. The largest absolute Gasteiger partial charge is 0.357 e. The van der Waals surface area contributed by atoms with Crippen molar-refractivity contribution in [2.45, 2.75) is 17.5 Å². The zero-order chi connectivity index (χ0) is 17.9. The van der Waals surface area contributed by atoms with E-state index in [4.69, 9.17) is 9.72 Å².